The zero-order valence-corrected chi connectivity index (χ0v) is 13.7. The summed E-state index contributed by atoms with van der Waals surface area (Å²) in [6, 6.07) is 0. The van der Waals surface area contributed by atoms with E-state index in [1.54, 1.807) is 0 Å². The molecule has 0 aliphatic heterocycles. The maximum Gasteiger partial charge on any atom is 0.465 e. The van der Waals surface area contributed by atoms with Gasteiger partial charge in [0, 0.05) is 5.41 Å². The van der Waals surface area contributed by atoms with Gasteiger partial charge in [-0.25, -0.2) is 4.79 Å². The van der Waals surface area contributed by atoms with Crippen LogP contribution >= 0.6 is 0 Å². The average molecular weight is 350 g/mol. The van der Waals surface area contributed by atoms with E-state index < -0.39 is 21.3 Å². The van der Waals surface area contributed by atoms with E-state index in [0.29, 0.717) is 22.7 Å². The van der Waals surface area contributed by atoms with E-state index in [0.717, 1.165) is 25.7 Å². The second kappa shape index (κ2) is 4.07. The number of ether oxygens (including phenoxy) is 1. The van der Waals surface area contributed by atoms with Crippen molar-refractivity contribution in [1.82, 2.24) is 0 Å². The molecule has 0 aromatic carbocycles. The molecule has 0 heterocycles. The molecule has 0 amide bonds. The molecule has 4 rings (SSSR count). The van der Waals surface area contributed by atoms with Crippen molar-refractivity contribution in [1.29, 1.82) is 0 Å². The Morgan fingerprint density at radius 3 is 2.30 bits per heavy atom. The first kappa shape index (κ1) is 15.7. The Hall–Kier alpha value is -0.760. The van der Waals surface area contributed by atoms with Gasteiger partial charge in [0.15, 0.2) is 0 Å². The van der Waals surface area contributed by atoms with E-state index in [1.807, 2.05) is 0 Å². The minimum atomic E-state index is -5.80. The second-order valence-electron chi connectivity index (χ2n) is 8.13. The van der Waals surface area contributed by atoms with Crippen molar-refractivity contribution >= 4 is 16.1 Å². The molecular weight excluding hydrogens is 330 g/mol. The molecule has 130 valence electrons. The summed E-state index contributed by atoms with van der Waals surface area (Å²) in [7, 11) is -5.80. The van der Waals surface area contributed by atoms with Gasteiger partial charge in [0.2, 0.25) is 0 Å². The second-order valence-corrected chi connectivity index (χ2v) is 9.59. The fourth-order valence-corrected chi connectivity index (χ4v) is 7.05. The number of fused-ring (bicyclic) bond motifs is 1. The zero-order valence-electron chi connectivity index (χ0n) is 12.8. The fourth-order valence-electron chi connectivity index (χ4n) is 6.78. The summed E-state index contributed by atoms with van der Waals surface area (Å²) in [6.07, 6.45) is 6.13. The van der Waals surface area contributed by atoms with Crippen molar-refractivity contribution in [3.63, 3.8) is 0 Å². The lowest BCUT2D eigenvalue weighted by Crippen LogP contribution is -2.68. The maximum absolute atomic E-state index is 13.3. The highest BCUT2D eigenvalue weighted by atomic mass is 32.2. The van der Waals surface area contributed by atoms with E-state index in [1.165, 1.54) is 12.8 Å². The van der Waals surface area contributed by atoms with Gasteiger partial charge in [-0.1, -0.05) is 6.92 Å². The number of carbonyl (C=O) groups excluding carboxylic acids is 1. The van der Waals surface area contributed by atoms with Crippen LogP contribution in [0.25, 0.3) is 0 Å². The van der Waals surface area contributed by atoms with Crippen LogP contribution in [0.15, 0.2) is 0 Å². The SMILES string of the molecule is CCC12CC3CC4(COC(=O)C(F)(F)S(=O)(=O)O)CC(C1)C32C4. The summed E-state index contributed by atoms with van der Waals surface area (Å²) >= 11 is 0. The zero-order chi connectivity index (χ0) is 16.9. The van der Waals surface area contributed by atoms with Crippen molar-refractivity contribution in [2.24, 2.45) is 28.1 Å². The van der Waals surface area contributed by atoms with Crippen LogP contribution in [0.2, 0.25) is 0 Å². The molecule has 5 nitrogen and oxygen atoms in total. The number of esters is 1. The number of rotatable bonds is 5. The van der Waals surface area contributed by atoms with Crippen molar-refractivity contribution in [3.05, 3.63) is 0 Å². The van der Waals surface area contributed by atoms with Crippen molar-refractivity contribution in [2.75, 3.05) is 6.61 Å². The molecule has 0 aromatic rings. The summed E-state index contributed by atoms with van der Waals surface area (Å²) in [5, 5.41) is -4.90. The van der Waals surface area contributed by atoms with Gasteiger partial charge < -0.3 is 4.74 Å². The third kappa shape index (κ3) is 1.59. The van der Waals surface area contributed by atoms with Crippen molar-refractivity contribution in [3.8, 4) is 0 Å². The molecule has 1 spiro atoms. The summed E-state index contributed by atoms with van der Waals surface area (Å²) in [4.78, 5) is 11.4. The number of alkyl halides is 2. The van der Waals surface area contributed by atoms with Crippen LogP contribution in [-0.2, 0) is 19.6 Å². The molecule has 4 saturated carbocycles. The van der Waals surface area contributed by atoms with E-state index in [4.69, 9.17) is 4.55 Å². The Kier molecular flexibility index (Phi) is 2.79. The van der Waals surface area contributed by atoms with Gasteiger partial charge in [0.1, 0.15) is 0 Å². The van der Waals surface area contributed by atoms with Crippen LogP contribution < -0.4 is 0 Å². The Bertz CT molecular complexity index is 670. The third-order valence-corrected chi connectivity index (χ3v) is 8.31. The highest BCUT2D eigenvalue weighted by molar-refractivity contribution is 7.87. The molecule has 4 aliphatic carbocycles. The first-order valence-corrected chi connectivity index (χ1v) is 9.48. The van der Waals surface area contributed by atoms with E-state index in [-0.39, 0.29) is 12.0 Å². The smallest absolute Gasteiger partial charge is 0.460 e. The first-order chi connectivity index (χ1) is 10.5. The molecule has 23 heavy (non-hydrogen) atoms. The van der Waals surface area contributed by atoms with Gasteiger partial charge >= 0.3 is 21.3 Å². The summed E-state index contributed by atoms with van der Waals surface area (Å²) in [6.45, 7) is 2.03. The van der Waals surface area contributed by atoms with Gasteiger partial charge in [-0.3, -0.25) is 4.55 Å². The number of hydrogen-bond donors (Lipinski definition) is 1. The lowest BCUT2D eigenvalue weighted by Gasteiger charge is -2.75. The Balaban J connectivity index is 1.47. The van der Waals surface area contributed by atoms with Crippen LogP contribution in [0.5, 0.6) is 0 Å². The number of halogens is 2. The minimum absolute atomic E-state index is 0.175. The molecular formula is C15H20F2O5S. The monoisotopic (exact) mass is 350 g/mol. The van der Waals surface area contributed by atoms with Crippen molar-refractivity contribution in [2.45, 2.75) is 50.7 Å². The molecule has 8 heteroatoms. The molecule has 0 aromatic heterocycles. The Morgan fingerprint density at radius 2 is 1.83 bits per heavy atom. The molecule has 1 N–H and O–H groups in total. The third-order valence-electron chi connectivity index (χ3n) is 7.49. The number of carbonyl (C=O) groups is 1. The van der Waals surface area contributed by atoms with Gasteiger partial charge in [0.05, 0.1) is 6.61 Å². The predicted molar refractivity (Wildman–Crippen MR) is 75.1 cm³/mol. The van der Waals surface area contributed by atoms with Crippen LogP contribution in [0, 0.1) is 28.1 Å². The van der Waals surface area contributed by atoms with E-state index in [2.05, 4.69) is 11.7 Å². The van der Waals surface area contributed by atoms with Crippen LogP contribution in [0.3, 0.4) is 0 Å². The molecule has 0 radical (unpaired) electrons. The fraction of sp³-hybridized carbons (Fsp3) is 0.933. The van der Waals surface area contributed by atoms with Crippen LogP contribution in [-0.4, -0.2) is 30.8 Å². The minimum Gasteiger partial charge on any atom is -0.460 e. The molecule has 4 fully saturated rings. The molecule has 2 atom stereocenters. The first-order valence-electron chi connectivity index (χ1n) is 8.04. The molecule has 0 saturated heterocycles. The largest absolute Gasteiger partial charge is 0.465 e. The number of hydrogen-bond acceptors (Lipinski definition) is 4. The average Bonchev–Trinajstić information content (AvgIpc) is 2.90. The standard InChI is InChI=1S/C15H20F2O5S/c1-2-13-5-9-3-12(4-10(6-13)14(9,13)7-12)8-22-11(18)15(16,17)23(19,20)21/h9-10H,2-8H2,1H3,(H,19,20,21). The van der Waals surface area contributed by atoms with Crippen LogP contribution in [0.4, 0.5) is 8.78 Å². The topological polar surface area (TPSA) is 80.7 Å². The maximum atomic E-state index is 13.3. The summed E-state index contributed by atoms with van der Waals surface area (Å²) in [5.74, 6) is -0.987. The highest BCUT2D eigenvalue weighted by Crippen LogP contribution is 2.90. The van der Waals surface area contributed by atoms with Gasteiger partial charge in [-0.15, -0.1) is 0 Å². The van der Waals surface area contributed by atoms with Gasteiger partial charge in [-0.2, -0.15) is 17.2 Å². The Labute approximate surface area is 133 Å². The molecule has 4 aliphatic rings. The van der Waals surface area contributed by atoms with Crippen LogP contribution in [0.1, 0.15) is 45.4 Å². The predicted octanol–water partition coefficient (Wildman–Crippen LogP) is 2.62. The summed E-state index contributed by atoms with van der Waals surface area (Å²) < 4.78 is 60.9. The molecule has 2 unspecified atom stereocenters. The van der Waals surface area contributed by atoms with E-state index in [9.17, 15) is 22.0 Å². The lowest BCUT2D eigenvalue weighted by molar-refractivity contribution is -0.263. The lowest BCUT2D eigenvalue weighted by atomic mass is 9.29. The van der Waals surface area contributed by atoms with E-state index >= 15 is 0 Å². The molecule has 2 bridgehead atoms. The van der Waals surface area contributed by atoms with Gasteiger partial charge in [-0.05, 0) is 61.2 Å². The Morgan fingerprint density at radius 1 is 1.26 bits per heavy atom. The van der Waals surface area contributed by atoms with Gasteiger partial charge in [0.25, 0.3) is 0 Å². The highest BCUT2D eigenvalue weighted by Gasteiger charge is 2.83. The van der Waals surface area contributed by atoms with Crippen molar-refractivity contribution < 1.29 is 31.3 Å². The quantitative estimate of drug-likeness (QED) is 0.609. The normalized spacial score (nSPS) is 46.8. The summed E-state index contributed by atoms with van der Waals surface area (Å²) in [5.41, 5.74) is 0.441.